The largest absolute Gasteiger partial charge is 2.00 e. The molecule has 0 unspecified atom stereocenters. The standard InChI is InChI=1S/C44H48N16.Cu/c1-41(2,3)25-29(57-17-13-45-21-57)37-49-33(25)53-38-30(58-18-14-46-22-58)26(42(4,5)6)35(50-38)55-40-32(60-20-16-48-24-60)28(44(10,11)12)36(52-40)56-39-31(59-19-15-47-23-59)27(43(7,8)9)34(51-39)54-37;/h13-24H,1-12H3;/q-2;+2. The van der Waals surface area contributed by atoms with Gasteiger partial charge in [-0.3, -0.25) is 0 Å². The summed E-state index contributed by atoms with van der Waals surface area (Å²) in [5.74, 6) is 1.79. The van der Waals surface area contributed by atoms with Crippen molar-refractivity contribution in [2.24, 2.45) is 10.8 Å². The second kappa shape index (κ2) is 14.4. The van der Waals surface area contributed by atoms with Gasteiger partial charge in [-0.15, -0.1) is 0 Å². The van der Waals surface area contributed by atoms with Crippen molar-refractivity contribution in [1.82, 2.24) is 78.1 Å². The summed E-state index contributed by atoms with van der Waals surface area (Å²) in [5, 5.41) is 0. The molecule has 61 heavy (non-hydrogen) atoms. The first kappa shape index (κ1) is 41.4. The van der Waals surface area contributed by atoms with Gasteiger partial charge in [0.1, 0.15) is 11.6 Å². The molecule has 0 spiro atoms. The average Bonchev–Trinajstić information content (AvgIpc) is 3.98. The number of fused-ring (bicyclic) bond motifs is 8. The monoisotopic (exact) mass is 863 g/mol. The summed E-state index contributed by atoms with van der Waals surface area (Å²) >= 11 is 0. The SMILES string of the molecule is CC(C)(C)C1=C(n2ccnc2)c2nc1nc1[n-]c(nc3nc(nc4[n-]c(n2)c(C(C)(C)C)c4-n2ccnc2)C(C(C)(C)C)=C3n2ccnc2)c(C(C)(C)C)c1-n1ccnc1.[Cu+2]. The van der Waals surface area contributed by atoms with Crippen molar-refractivity contribution in [2.45, 2.75) is 93.9 Å². The molecular weight excluding hydrogens is 816 g/mol. The van der Waals surface area contributed by atoms with Gasteiger partial charge >= 0.3 is 17.1 Å². The Labute approximate surface area is 364 Å². The van der Waals surface area contributed by atoms with Crippen LogP contribution in [-0.4, -0.2) is 68.1 Å². The first-order valence-electron chi connectivity index (χ1n) is 19.9. The molecule has 16 nitrogen and oxygen atoms in total. The van der Waals surface area contributed by atoms with Crippen LogP contribution in [-0.2, 0) is 27.9 Å². The molecule has 0 saturated carbocycles. The maximum absolute atomic E-state index is 5.38. The Morgan fingerprint density at radius 2 is 0.689 bits per heavy atom. The number of aromatic nitrogens is 16. The third-order valence-electron chi connectivity index (χ3n) is 10.4. The number of hydrogen-bond acceptors (Lipinski definition) is 10. The van der Waals surface area contributed by atoms with E-state index in [-0.39, 0.29) is 17.1 Å². The summed E-state index contributed by atoms with van der Waals surface area (Å²) in [6.07, 6.45) is 21.6. The van der Waals surface area contributed by atoms with Crippen molar-refractivity contribution in [3.63, 3.8) is 0 Å². The molecule has 0 aliphatic carbocycles. The van der Waals surface area contributed by atoms with Crippen molar-refractivity contribution < 1.29 is 17.1 Å². The van der Waals surface area contributed by atoms with E-state index in [0.717, 1.165) is 45.0 Å². The Morgan fingerprint density at radius 1 is 0.377 bits per heavy atom. The normalized spacial score (nSPS) is 14.0. The smallest absolute Gasteiger partial charge is 0.356 e. The Hall–Kier alpha value is -6.32. The predicted octanol–water partition coefficient (Wildman–Crippen LogP) is 7.44. The third kappa shape index (κ3) is 7.14. The summed E-state index contributed by atoms with van der Waals surface area (Å²) in [6.45, 7) is 25.7. The van der Waals surface area contributed by atoms with E-state index in [1.165, 1.54) is 0 Å². The molecule has 0 fully saturated rings. The van der Waals surface area contributed by atoms with E-state index in [1.807, 2.05) is 43.1 Å². The van der Waals surface area contributed by atoms with Gasteiger partial charge in [0.25, 0.3) is 0 Å². The van der Waals surface area contributed by atoms with Crippen LogP contribution < -0.4 is 9.97 Å². The fourth-order valence-corrected chi connectivity index (χ4v) is 8.05. The van der Waals surface area contributed by atoms with Crippen LogP contribution in [0, 0.1) is 10.8 Å². The molecule has 0 N–H and O–H groups in total. The van der Waals surface area contributed by atoms with Crippen molar-refractivity contribution in [3.05, 3.63) is 109 Å². The van der Waals surface area contributed by atoms with E-state index in [4.69, 9.17) is 39.9 Å². The molecule has 7 aromatic rings. The molecule has 7 aromatic heterocycles. The molecule has 17 heteroatoms. The molecule has 8 bridgehead atoms. The summed E-state index contributed by atoms with van der Waals surface area (Å²) in [7, 11) is 0. The maximum atomic E-state index is 5.38. The van der Waals surface area contributed by atoms with Crippen molar-refractivity contribution >= 4 is 45.1 Å². The number of allylic oxidation sites excluding steroid dienone is 2. The van der Waals surface area contributed by atoms with Gasteiger partial charge in [0.15, 0.2) is 0 Å². The van der Waals surface area contributed by atoms with E-state index in [9.17, 15) is 0 Å². The quantitative estimate of drug-likeness (QED) is 0.160. The van der Waals surface area contributed by atoms with Crippen LogP contribution in [0.2, 0.25) is 0 Å². The molecule has 0 amide bonds. The fourth-order valence-electron chi connectivity index (χ4n) is 8.05. The topological polar surface area (TPSA) is 177 Å². The molecule has 1 radical (unpaired) electrons. The zero-order valence-electron chi connectivity index (χ0n) is 36.4. The number of hydrogen-bond donors (Lipinski definition) is 0. The van der Waals surface area contributed by atoms with Gasteiger partial charge in [-0.1, -0.05) is 83.1 Å². The zero-order valence-corrected chi connectivity index (χ0v) is 37.3. The Balaban J connectivity index is 0.00000514. The van der Waals surface area contributed by atoms with E-state index in [0.29, 0.717) is 45.9 Å². The molecule has 9 heterocycles. The summed E-state index contributed by atoms with van der Waals surface area (Å²) < 4.78 is 7.78. The molecular formula is C44H48CuN16. The van der Waals surface area contributed by atoms with E-state index in [1.54, 1.807) is 50.1 Å². The van der Waals surface area contributed by atoms with Crippen LogP contribution in [0.4, 0.5) is 0 Å². The summed E-state index contributed by atoms with van der Waals surface area (Å²) in [4.78, 5) is 60.4. The molecule has 315 valence electrons. The van der Waals surface area contributed by atoms with Crippen LogP contribution in [0.15, 0.2) is 74.9 Å². The van der Waals surface area contributed by atoms with Crippen molar-refractivity contribution in [3.8, 4) is 11.4 Å². The van der Waals surface area contributed by atoms with Crippen LogP contribution in [0.5, 0.6) is 0 Å². The van der Waals surface area contributed by atoms with Gasteiger partial charge in [0.2, 0.25) is 0 Å². The number of imidazole rings is 4. The summed E-state index contributed by atoms with van der Waals surface area (Å²) in [5.41, 5.74) is 6.37. The average molecular weight is 865 g/mol. The predicted molar refractivity (Wildman–Crippen MR) is 230 cm³/mol. The van der Waals surface area contributed by atoms with Crippen molar-refractivity contribution in [2.75, 3.05) is 0 Å². The third-order valence-corrected chi connectivity index (χ3v) is 10.4. The minimum absolute atomic E-state index is 0. The van der Waals surface area contributed by atoms with Gasteiger partial charge in [-0.25, -0.2) is 29.9 Å². The van der Waals surface area contributed by atoms with Crippen LogP contribution >= 0.6 is 0 Å². The minimum Gasteiger partial charge on any atom is -0.356 e. The number of rotatable bonds is 4. The molecule has 0 atom stereocenters. The second-order valence-corrected chi connectivity index (χ2v) is 19.3. The molecule has 9 rings (SSSR count). The van der Waals surface area contributed by atoms with Gasteiger partial charge in [0.05, 0.1) is 59.7 Å². The van der Waals surface area contributed by atoms with Crippen molar-refractivity contribution in [1.29, 1.82) is 0 Å². The fraction of sp³-hybridized carbons (Fsp3) is 0.364. The van der Waals surface area contributed by atoms with E-state index >= 15 is 0 Å². The Bertz CT molecular complexity index is 2780. The van der Waals surface area contributed by atoms with Gasteiger partial charge < -0.3 is 48.2 Å². The first-order valence-corrected chi connectivity index (χ1v) is 19.9. The second-order valence-electron chi connectivity index (χ2n) is 19.3. The first-order chi connectivity index (χ1) is 28.3. The van der Waals surface area contributed by atoms with Crippen LogP contribution in [0.25, 0.3) is 56.5 Å². The van der Waals surface area contributed by atoms with Gasteiger partial charge in [-0.05, 0) is 32.8 Å². The minimum atomic E-state index is -0.461. The van der Waals surface area contributed by atoms with Gasteiger partial charge in [0, 0.05) is 83.3 Å². The molecule has 0 saturated heterocycles. The maximum Gasteiger partial charge on any atom is 2.00 e. The van der Waals surface area contributed by atoms with Crippen LogP contribution in [0.1, 0.15) is 118 Å². The van der Waals surface area contributed by atoms with Gasteiger partial charge in [-0.2, -0.15) is 0 Å². The van der Waals surface area contributed by atoms with Crippen LogP contribution in [0.3, 0.4) is 0 Å². The van der Waals surface area contributed by atoms with E-state index < -0.39 is 21.7 Å². The van der Waals surface area contributed by atoms with E-state index in [2.05, 4.69) is 103 Å². The molecule has 2 aliphatic heterocycles. The summed E-state index contributed by atoms with van der Waals surface area (Å²) in [6, 6.07) is 0. The number of nitrogens with zero attached hydrogens (tertiary/aromatic N) is 16. The molecule has 2 aliphatic rings. The molecule has 0 aromatic carbocycles. The zero-order chi connectivity index (χ0) is 42.5. The Kier molecular flexibility index (Phi) is 9.78. The Morgan fingerprint density at radius 3 is 0.967 bits per heavy atom.